The molecule has 2 unspecified atom stereocenters. The first-order valence-electron chi connectivity index (χ1n) is 6.72. The Morgan fingerprint density at radius 1 is 1.47 bits per heavy atom. The number of ether oxygens (including phenoxy) is 1. The van der Waals surface area contributed by atoms with Crippen molar-refractivity contribution in [3.05, 3.63) is 17.7 Å². The number of carbonyl (C=O) groups excluding carboxylic acids is 1. The molecule has 1 aromatic rings. The fraction of sp³-hybridized carbons (Fsp3) is 0.500. The van der Waals surface area contributed by atoms with Crippen molar-refractivity contribution in [2.45, 2.75) is 38.3 Å². The summed E-state index contributed by atoms with van der Waals surface area (Å²) in [5, 5.41) is 6.32. The molecule has 5 nitrogen and oxygen atoms in total. The second-order valence-electron chi connectivity index (χ2n) is 5.37. The molecule has 2 atom stereocenters. The molecule has 0 bridgehead atoms. The highest BCUT2D eigenvalue weighted by Crippen LogP contribution is 2.32. The topological polar surface area (TPSA) is 76.4 Å². The van der Waals surface area contributed by atoms with Crippen LogP contribution < -0.4 is 16.4 Å². The van der Waals surface area contributed by atoms with Gasteiger partial charge < -0.3 is 21.1 Å². The molecule has 3 rings (SSSR count). The van der Waals surface area contributed by atoms with Crippen molar-refractivity contribution in [1.82, 2.24) is 0 Å². The lowest BCUT2D eigenvalue weighted by atomic mass is 10.0. The van der Waals surface area contributed by atoms with Crippen LogP contribution in [0.25, 0.3) is 0 Å². The van der Waals surface area contributed by atoms with Crippen LogP contribution in [0.2, 0.25) is 0 Å². The van der Waals surface area contributed by atoms with E-state index in [1.807, 2.05) is 12.1 Å². The molecule has 0 aliphatic carbocycles. The quantitative estimate of drug-likeness (QED) is 0.709. The van der Waals surface area contributed by atoms with Gasteiger partial charge in [0, 0.05) is 18.3 Å². The van der Waals surface area contributed by atoms with Gasteiger partial charge in [0.25, 0.3) is 0 Å². The zero-order valence-corrected chi connectivity index (χ0v) is 11.0. The minimum absolute atomic E-state index is 0.0336. The van der Waals surface area contributed by atoms with E-state index in [9.17, 15) is 4.79 Å². The maximum atomic E-state index is 11.4. The predicted octanol–water partition coefficient (Wildman–Crippen LogP) is 1.74. The summed E-state index contributed by atoms with van der Waals surface area (Å²) in [5.41, 5.74) is 9.52. The van der Waals surface area contributed by atoms with Crippen LogP contribution in [0.1, 0.15) is 25.3 Å². The van der Waals surface area contributed by atoms with Crippen LogP contribution in [0.3, 0.4) is 0 Å². The number of nitrogen functional groups attached to an aromatic ring is 1. The fourth-order valence-corrected chi connectivity index (χ4v) is 2.77. The van der Waals surface area contributed by atoms with Gasteiger partial charge in [0.15, 0.2) is 0 Å². The van der Waals surface area contributed by atoms with E-state index in [2.05, 4.69) is 17.6 Å². The number of amides is 1. The van der Waals surface area contributed by atoms with Gasteiger partial charge in [0.05, 0.1) is 23.9 Å². The Kier molecular flexibility index (Phi) is 3.06. The van der Waals surface area contributed by atoms with E-state index in [0.29, 0.717) is 18.2 Å². The van der Waals surface area contributed by atoms with Gasteiger partial charge in [-0.15, -0.1) is 0 Å². The standard InChI is InChI=1S/C14H19N3O2/c1-8-4-10(2-3-19-8)16-13-7-12-9(5-11(13)15)6-14(18)17-12/h5,7-8,10,16H,2-4,6,15H2,1H3,(H,17,18). The van der Waals surface area contributed by atoms with Gasteiger partial charge in [-0.2, -0.15) is 0 Å². The van der Waals surface area contributed by atoms with E-state index < -0.39 is 0 Å². The van der Waals surface area contributed by atoms with Gasteiger partial charge in [0.2, 0.25) is 5.91 Å². The number of nitrogens with two attached hydrogens (primary N) is 1. The average molecular weight is 261 g/mol. The second-order valence-corrected chi connectivity index (χ2v) is 5.37. The molecule has 102 valence electrons. The third-order valence-corrected chi connectivity index (χ3v) is 3.75. The normalized spacial score (nSPS) is 25.8. The van der Waals surface area contributed by atoms with Gasteiger partial charge in [-0.05, 0) is 37.5 Å². The van der Waals surface area contributed by atoms with Gasteiger partial charge in [-0.1, -0.05) is 0 Å². The third-order valence-electron chi connectivity index (χ3n) is 3.75. The van der Waals surface area contributed by atoms with Crippen molar-refractivity contribution in [2.24, 2.45) is 0 Å². The molecule has 2 aliphatic rings. The molecule has 0 radical (unpaired) electrons. The first kappa shape index (κ1) is 12.3. The zero-order valence-electron chi connectivity index (χ0n) is 11.0. The zero-order chi connectivity index (χ0) is 13.4. The molecule has 4 N–H and O–H groups in total. The molecule has 1 aromatic carbocycles. The monoisotopic (exact) mass is 261 g/mol. The average Bonchev–Trinajstić information content (AvgIpc) is 2.69. The largest absolute Gasteiger partial charge is 0.397 e. The highest BCUT2D eigenvalue weighted by molar-refractivity contribution is 6.00. The highest BCUT2D eigenvalue weighted by Gasteiger charge is 2.22. The molecule has 2 heterocycles. The van der Waals surface area contributed by atoms with E-state index in [4.69, 9.17) is 10.5 Å². The molecule has 19 heavy (non-hydrogen) atoms. The Balaban J connectivity index is 1.78. The van der Waals surface area contributed by atoms with Crippen molar-refractivity contribution >= 4 is 23.0 Å². The van der Waals surface area contributed by atoms with Crippen LogP contribution in [0.15, 0.2) is 12.1 Å². The van der Waals surface area contributed by atoms with E-state index in [-0.39, 0.29) is 12.0 Å². The molecular formula is C14H19N3O2. The van der Waals surface area contributed by atoms with Crippen LogP contribution in [0.4, 0.5) is 17.1 Å². The molecule has 0 aromatic heterocycles. The summed E-state index contributed by atoms with van der Waals surface area (Å²) in [6, 6.07) is 4.20. The summed E-state index contributed by atoms with van der Waals surface area (Å²) in [7, 11) is 0. The van der Waals surface area contributed by atoms with Crippen molar-refractivity contribution < 1.29 is 9.53 Å². The number of hydrogen-bond acceptors (Lipinski definition) is 4. The molecular weight excluding hydrogens is 242 g/mol. The van der Waals surface area contributed by atoms with Gasteiger partial charge in [0.1, 0.15) is 0 Å². The summed E-state index contributed by atoms with van der Waals surface area (Å²) in [4.78, 5) is 11.4. The molecule has 1 fully saturated rings. The molecule has 1 saturated heterocycles. The second kappa shape index (κ2) is 4.74. The summed E-state index contributed by atoms with van der Waals surface area (Å²) >= 11 is 0. The number of fused-ring (bicyclic) bond motifs is 1. The predicted molar refractivity (Wildman–Crippen MR) is 75.2 cm³/mol. The third kappa shape index (κ3) is 2.51. The Morgan fingerprint density at radius 3 is 3.11 bits per heavy atom. The number of nitrogens with one attached hydrogen (secondary N) is 2. The van der Waals surface area contributed by atoms with Gasteiger partial charge in [-0.3, -0.25) is 4.79 Å². The maximum absolute atomic E-state index is 11.4. The van der Waals surface area contributed by atoms with Crippen molar-refractivity contribution in [1.29, 1.82) is 0 Å². The van der Waals surface area contributed by atoms with Crippen molar-refractivity contribution in [3.8, 4) is 0 Å². The first-order valence-corrected chi connectivity index (χ1v) is 6.72. The smallest absolute Gasteiger partial charge is 0.228 e. The minimum Gasteiger partial charge on any atom is -0.397 e. The SMILES string of the molecule is CC1CC(Nc2cc3c(cc2N)CC(=O)N3)CCO1. The number of rotatable bonds is 2. The first-order chi connectivity index (χ1) is 9.11. The van der Waals surface area contributed by atoms with Crippen LogP contribution >= 0.6 is 0 Å². The molecule has 0 saturated carbocycles. The molecule has 2 aliphatic heterocycles. The Labute approximate surface area is 112 Å². The van der Waals surface area contributed by atoms with Crippen LogP contribution in [0, 0.1) is 0 Å². The summed E-state index contributed by atoms with van der Waals surface area (Å²) < 4.78 is 5.54. The van der Waals surface area contributed by atoms with E-state index in [1.165, 1.54) is 0 Å². The van der Waals surface area contributed by atoms with Gasteiger partial charge in [-0.25, -0.2) is 0 Å². The van der Waals surface area contributed by atoms with Crippen molar-refractivity contribution in [2.75, 3.05) is 23.0 Å². The summed E-state index contributed by atoms with van der Waals surface area (Å²) in [5.74, 6) is 0.0336. The van der Waals surface area contributed by atoms with Crippen LogP contribution in [-0.2, 0) is 16.0 Å². The molecule has 1 amide bonds. The Bertz CT molecular complexity index is 516. The number of benzene rings is 1. The van der Waals surface area contributed by atoms with Gasteiger partial charge >= 0.3 is 0 Å². The Morgan fingerprint density at radius 2 is 2.32 bits per heavy atom. The van der Waals surface area contributed by atoms with E-state index >= 15 is 0 Å². The number of carbonyl (C=O) groups is 1. The molecule has 5 heteroatoms. The number of hydrogen-bond donors (Lipinski definition) is 3. The Hall–Kier alpha value is -1.75. The van der Waals surface area contributed by atoms with Crippen LogP contribution in [-0.4, -0.2) is 24.7 Å². The van der Waals surface area contributed by atoms with Crippen LogP contribution in [0.5, 0.6) is 0 Å². The summed E-state index contributed by atoms with van der Waals surface area (Å²) in [6.45, 7) is 2.86. The minimum atomic E-state index is 0.0336. The number of anilines is 3. The van der Waals surface area contributed by atoms with Crippen molar-refractivity contribution in [3.63, 3.8) is 0 Å². The fourth-order valence-electron chi connectivity index (χ4n) is 2.77. The maximum Gasteiger partial charge on any atom is 0.228 e. The molecule has 0 spiro atoms. The lowest BCUT2D eigenvalue weighted by Gasteiger charge is -2.29. The highest BCUT2D eigenvalue weighted by atomic mass is 16.5. The lowest BCUT2D eigenvalue weighted by Crippen LogP contribution is -2.32. The van der Waals surface area contributed by atoms with E-state index in [0.717, 1.165) is 36.4 Å². The summed E-state index contributed by atoms with van der Waals surface area (Å²) in [6.07, 6.45) is 2.66. The van der Waals surface area contributed by atoms with E-state index in [1.54, 1.807) is 0 Å². The lowest BCUT2D eigenvalue weighted by molar-refractivity contribution is -0.115.